The molecule has 6 nitrogen and oxygen atoms in total. The second kappa shape index (κ2) is 5.25. The van der Waals surface area contributed by atoms with Gasteiger partial charge < -0.3 is 9.84 Å². The average molecular weight is 268 g/mol. The molecule has 0 aliphatic heterocycles. The van der Waals surface area contributed by atoms with Gasteiger partial charge in [0, 0.05) is 5.56 Å². The minimum Gasteiger partial charge on any atom is -0.493 e. The van der Waals surface area contributed by atoms with E-state index in [1.165, 1.54) is 0 Å². The summed E-state index contributed by atoms with van der Waals surface area (Å²) in [4.78, 5) is 14.3. The van der Waals surface area contributed by atoms with Gasteiger partial charge in [0.25, 0.3) is 0 Å². The van der Waals surface area contributed by atoms with Crippen molar-refractivity contribution in [3.05, 3.63) is 40.4 Å². The number of diazo groups is 1. The normalized spacial score (nSPS) is 9.75. The number of hydrogen-bond acceptors (Lipinski definition) is 4. The monoisotopic (exact) mass is 268 g/mol. The lowest BCUT2D eigenvalue weighted by Gasteiger charge is -2.05. The average Bonchev–Trinajstić information content (AvgIpc) is 2.62. The van der Waals surface area contributed by atoms with E-state index in [-0.39, 0.29) is 16.8 Å². The zero-order chi connectivity index (χ0) is 14.7. The van der Waals surface area contributed by atoms with Crippen molar-refractivity contribution in [3.8, 4) is 22.9 Å². The van der Waals surface area contributed by atoms with Crippen LogP contribution in [0.25, 0.3) is 16.1 Å². The number of carbonyl (C=O) groups is 1. The first-order valence-electron chi connectivity index (χ1n) is 5.85. The Morgan fingerprint density at radius 2 is 2.15 bits per heavy atom. The third kappa shape index (κ3) is 1.90. The number of fused-ring (bicyclic) bond motifs is 1. The van der Waals surface area contributed by atoms with Crippen molar-refractivity contribution in [2.24, 2.45) is 0 Å². The lowest BCUT2D eigenvalue weighted by atomic mass is 10.1. The van der Waals surface area contributed by atoms with Gasteiger partial charge in [0.2, 0.25) is 5.39 Å². The summed E-state index contributed by atoms with van der Waals surface area (Å²) in [7, 11) is 0. The van der Waals surface area contributed by atoms with Crippen LogP contribution in [0.4, 0.5) is 5.69 Å². The molecule has 0 saturated carbocycles. The zero-order valence-corrected chi connectivity index (χ0v) is 10.6. The SMILES string of the molecule is CCOc1ccccc2c(C(=O)O)c([N+]#N)c(C#N)c1-2. The number of nitrogens with zero attached hydrogens (tertiary/aromatic N) is 3. The fraction of sp³-hybridized carbons (Fsp3) is 0.143. The molecule has 20 heavy (non-hydrogen) atoms. The van der Waals surface area contributed by atoms with Crippen LogP contribution >= 0.6 is 0 Å². The Hall–Kier alpha value is -3.12. The topological polar surface area (TPSA) is 98.5 Å². The maximum Gasteiger partial charge on any atom is 0.418 e. The van der Waals surface area contributed by atoms with E-state index in [0.717, 1.165) is 0 Å². The number of carboxylic acids is 1. The zero-order valence-electron chi connectivity index (χ0n) is 10.6. The predicted molar refractivity (Wildman–Crippen MR) is 70.7 cm³/mol. The van der Waals surface area contributed by atoms with Crippen LogP contribution < -0.4 is 4.74 Å². The Morgan fingerprint density at radius 3 is 2.70 bits per heavy atom. The lowest BCUT2D eigenvalue weighted by Crippen LogP contribution is -1.96. The van der Waals surface area contributed by atoms with Gasteiger partial charge in [-0.2, -0.15) is 5.26 Å². The van der Waals surface area contributed by atoms with Gasteiger partial charge in [-0.05, 0) is 13.0 Å². The van der Waals surface area contributed by atoms with E-state index < -0.39 is 5.97 Å². The van der Waals surface area contributed by atoms with Crippen molar-refractivity contribution >= 4 is 11.7 Å². The van der Waals surface area contributed by atoms with Crippen LogP contribution in [-0.4, -0.2) is 17.7 Å². The third-order valence-electron chi connectivity index (χ3n) is 2.86. The van der Waals surface area contributed by atoms with Crippen LogP contribution in [0.2, 0.25) is 0 Å². The van der Waals surface area contributed by atoms with E-state index in [4.69, 9.17) is 10.1 Å². The number of rotatable bonds is 3. The highest BCUT2D eigenvalue weighted by Gasteiger charge is 2.37. The van der Waals surface area contributed by atoms with E-state index >= 15 is 0 Å². The van der Waals surface area contributed by atoms with Gasteiger partial charge in [-0.15, -0.1) is 0 Å². The summed E-state index contributed by atoms with van der Waals surface area (Å²) in [5, 5.41) is 27.6. The Balaban J connectivity index is 2.96. The molecule has 0 bridgehead atoms. The quantitative estimate of drug-likeness (QED) is 0.861. The second-order valence-corrected chi connectivity index (χ2v) is 3.92. The van der Waals surface area contributed by atoms with Gasteiger partial charge in [0.1, 0.15) is 11.8 Å². The summed E-state index contributed by atoms with van der Waals surface area (Å²) >= 11 is 0. The van der Waals surface area contributed by atoms with Gasteiger partial charge in [-0.3, -0.25) is 0 Å². The first-order chi connectivity index (χ1) is 9.65. The molecule has 98 valence electrons. The molecular weight excluding hydrogens is 258 g/mol. The highest BCUT2D eigenvalue weighted by Crippen LogP contribution is 2.46. The fourth-order valence-electron chi connectivity index (χ4n) is 2.13. The summed E-state index contributed by atoms with van der Waals surface area (Å²) in [6.07, 6.45) is 0. The smallest absolute Gasteiger partial charge is 0.418 e. The second-order valence-electron chi connectivity index (χ2n) is 3.92. The van der Waals surface area contributed by atoms with E-state index in [0.29, 0.717) is 23.5 Å². The Kier molecular flexibility index (Phi) is 3.49. The molecule has 0 fully saturated rings. The van der Waals surface area contributed by atoms with Crippen molar-refractivity contribution in [1.82, 2.24) is 0 Å². The van der Waals surface area contributed by atoms with Crippen LogP contribution in [0.3, 0.4) is 0 Å². The molecule has 0 atom stereocenters. The van der Waals surface area contributed by atoms with Crippen LogP contribution in [0, 0.1) is 16.7 Å². The molecule has 0 heterocycles. The van der Waals surface area contributed by atoms with Gasteiger partial charge in [-0.1, -0.05) is 18.2 Å². The molecule has 0 unspecified atom stereocenters. The number of ether oxygens (including phenoxy) is 1. The maximum atomic E-state index is 11.4. The molecule has 0 amide bonds. The van der Waals surface area contributed by atoms with Gasteiger partial charge in [-0.25, -0.2) is 4.79 Å². The molecule has 0 aromatic rings. The number of hydrogen-bond donors (Lipinski definition) is 1. The number of aromatic carboxylic acids is 1. The minimum atomic E-state index is -1.27. The number of carboxylic acid groups (broad SMARTS) is 1. The largest absolute Gasteiger partial charge is 0.493 e. The van der Waals surface area contributed by atoms with Crippen LogP contribution in [0.1, 0.15) is 22.8 Å². The summed E-state index contributed by atoms with van der Waals surface area (Å²) < 4.78 is 5.45. The molecule has 0 aromatic heterocycles. The van der Waals surface area contributed by atoms with Crippen LogP contribution in [-0.2, 0) is 0 Å². The number of nitriles is 1. The van der Waals surface area contributed by atoms with Gasteiger partial charge in [0.15, 0.2) is 16.1 Å². The predicted octanol–water partition coefficient (Wildman–Crippen LogP) is 3.24. The standard InChI is InChI=1S/C14H9N3O3/c1-2-20-10-6-4-3-5-8-11(10)9(7-15)13(17-16)12(8)14(18)19/h3-6H,2H2,1H3/p+1. The van der Waals surface area contributed by atoms with Gasteiger partial charge >= 0.3 is 11.7 Å². The van der Waals surface area contributed by atoms with Crippen LogP contribution in [0.15, 0.2) is 24.3 Å². The highest BCUT2D eigenvalue weighted by atomic mass is 16.5. The van der Waals surface area contributed by atoms with E-state index in [9.17, 15) is 15.2 Å². The van der Waals surface area contributed by atoms with Crippen LogP contribution in [0.5, 0.6) is 5.75 Å². The molecule has 2 rings (SSSR count). The van der Waals surface area contributed by atoms with E-state index in [2.05, 4.69) is 4.98 Å². The summed E-state index contributed by atoms with van der Waals surface area (Å²) in [5.74, 6) is -0.889. The first kappa shape index (κ1) is 13.3. The van der Waals surface area contributed by atoms with Crippen molar-refractivity contribution in [1.29, 1.82) is 10.7 Å². The fourth-order valence-corrected chi connectivity index (χ4v) is 2.13. The molecule has 6 heteroatoms. The minimum absolute atomic E-state index is 0.0143. The van der Waals surface area contributed by atoms with Crippen molar-refractivity contribution < 1.29 is 14.6 Å². The third-order valence-corrected chi connectivity index (χ3v) is 2.86. The van der Waals surface area contributed by atoms with Crippen molar-refractivity contribution in [2.45, 2.75) is 6.92 Å². The lowest BCUT2D eigenvalue weighted by molar-refractivity contribution is 0.0699. The molecule has 0 radical (unpaired) electrons. The summed E-state index contributed by atoms with van der Waals surface area (Å²) in [6, 6.07) is 8.40. The van der Waals surface area contributed by atoms with E-state index in [1.54, 1.807) is 31.2 Å². The first-order valence-corrected chi connectivity index (χ1v) is 5.85. The highest BCUT2D eigenvalue weighted by molar-refractivity contribution is 6.09. The Bertz CT molecular complexity index is 741. The van der Waals surface area contributed by atoms with Gasteiger partial charge in [0.05, 0.1) is 12.2 Å². The van der Waals surface area contributed by atoms with E-state index in [1.807, 2.05) is 6.07 Å². The summed E-state index contributed by atoms with van der Waals surface area (Å²) in [6.45, 7) is 2.15. The molecule has 2 aliphatic carbocycles. The van der Waals surface area contributed by atoms with Crippen molar-refractivity contribution in [2.75, 3.05) is 6.61 Å². The Labute approximate surface area is 114 Å². The molecule has 1 N–H and O–H groups in total. The molecular formula is C14H10N3O3+. The Morgan fingerprint density at radius 1 is 1.45 bits per heavy atom. The van der Waals surface area contributed by atoms with Crippen molar-refractivity contribution in [3.63, 3.8) is 0 Å². The molecule has 0 spiro atoms. The molecule has 0 aromatic carbocycles. The molecule has 0 saturated heterocycles. The maximum absolute atomic E-state index is 11.4. The molecule has 2 aliphatic rings. The summed E-state index contributed by atoms with van der Waals surface area (Å²) in [5.41, 5.74) is 0.165.